The van der Waals surface area contributed by atoms with E-state index in [2.05, 4.69) is 13.5 Å². The maximum atomic E-state index is 5.53. The molecule has 0 bridgehead atoms. The van der Waals surface area contributed by atoms with Crippen LogP contribution in [0.4, 0.5) is 0 Å². The maximum Gasteiger partial charge on any atom is 0.0340 e. The van der Waals surface area contributed by atoms with E-state index in [4.69, 9.17) is 11.6 Å². The molecule has 1 atom stereocenters. The summed E-state index contributed by atoms with van der Waals surface area (Å²) in [6.45, 7) is 5.72. The summed E-state index contributed by atoms with van der Waals surface area (Å²) in [6.07, 6.45) is 1.90. The zero-order chi connectivity index (χ0) is 6.41. The Labute approximate surface area is 60.3 Å². The van der Waals surface area contributed by atoms with Crippen LogP contribution in [-0.4, -0.2) is 16.9 Å². The molecule has 1 unspecified atom stereocenters. The lowest BCUT2D eigenvalue weighted by Crippen LogP contribution is -1.96. The van der Waals surface area contributed by atoms with E-state index in [1.54, 1.807) is 0 Å². The van der Waals surface area contributed by atoms with Crippen molar-refractivity contribution in [1.82, 2.24) is 0 Å². The van der Waals surface area contributed by atoms with Gasteiger partial charge in [-0.15, -0.1) is 18.2 Å². The van der Waals surface area contributed by atoms with Crippen molar-refractivity contribution in [2.45, 2.75) is 12.2 Å². The van der Waals surface area contributed by atoms with Crippen molar-refractivity contribution in [3.63, 3.8) is 0 Å². The van der Waals surface area contributed by atoms with E-state index in [-0.39, 0.29) is 0 Å². The topological polar surface area (TPSA) is 0 Å². The lowest BCUT2D eigenvalue weighted by molar-refractivity contribution is 1.12. The third-order valence-electron chi connectivity index (χ3n) is 0.716. The fourth-order valence-electron chi connectivity index (χ4n) is 0.277. The van der Waals surface area contributed by atoms with Gasteiger partial charge in [0.15, 0.2) is 0 Å². The van der Waals surface area contributed by atoms with Gasteiger partial charge in [-0.3, -0.25) is 0 Å². The molecule has 0 aromatic heterocycles. The second-order valence-electron chi connectivity index (χ2n) is 1.59. The monoisotopic (exact) mass is 150 g/mol. The molecule has 0 aliphatic heterocycles. The summed E-state index contributed by atoms with van der Waals surface area (Å²) in [5.41, 5.74) is 0. The fraction of sp³-hybridized carbons (Fsp3) is 0.667. The molecule has 0 aromatic carbocycles. The summed E-state index contributed by atoms with van der Waals surface area (Å²) in [6, 6.07) is 0. The maximum absolute atomic E-state index is 5.53. The first-order valence-electron chi connectivity index (χ1n) is 2.59. The van der Waals surface area contributed by atoms with Gasteiger partial charge in [0, 0.05) is 16.9 Å². The molecule has 8 heavy (non-hydrogen) atoms. The Morgan fingerprint density at radius 1 is 1.88 bits per heavy atom. The van der Waals surface area contributed by atoms with Crippen LogP contribution in [0.2, 0.25) is 0 Å². The molecule has 0 saturated carbocycles. The van der Waals surface area contributed by atoms with Gasteiger partial charge in [0.2, 0.25) is 0 Å². The van der Waals surface area contributed by atoms with Gasteiger partial charge in [0.1, 0.15) is 0 Å². The molecule has 0 aliphatic carbocycles. The Kier molecular flexibility index (Phi) is 5.78. The minimum Gasteiger partial charge on any atom is -0.153 e. The Balaban J connectivity index is 2.97. The molecule has 0 aliphatic rings. The smallest absolute Gasteiger partial charge is 0.0340 e. The molecule has 0 saturated heterocycles. The first-order chi connectivity index (χ1) is 3.81. The molecule has 0 heterocycles. The van der Waals surface area contributed by atoms with E-state index in [0.29, 0.717) is 5.25 Å². The van der Waals surface area contributed by atoms with Gasteiger partial charge < -0.3 is 0 Å². The van der Waals surface area contributed by atoms with Crippen LogP contribution in [0.15, 0.2) is 12.7 Å². The van der Waals surface area contributed by atoms with Crippen LogP contribution in [0.1, 0.15) is 6.92 Å². The number of halogens is 1. The van der Waals surface area contributed by atoms with E-state index in [1.165, 1.54) is 0 Å². The second-order valence-corrected chi connectivity index (χ2v) is 3.37. The molecule has 0 amide bonds. The molecular weight excluding hydrogens is 140 g/mol. The number of hydrogen-bond donors (Lipinski definition) is 0. The molecule has 0 nitrogen and oxygen atoms in total. The Morgan fingerprint density at radius 2 is 2.50 bits per heavy atom. The molecule has 48 valence electrons. The van der Waals surface area contributed by atoms with Crippen LogP contribution in [0.25, 0.3) is 0 Å². The average Bonchev–Trinajstić information content (AvgIpc) is 1.83. The van der Waals surface area contributed by atoms with Crippen molar-refractivity contribution in [1.29, 1.82) is 0 Å². The van der Waals surface area contributed by atoms with Crippen LogP contribution >= 0.6 is 23.4 Å². The number of alkyl halides is 1. The molecule has 0 fully saturated rings. The predicted molar refractivity (Wildman–Crippen MR) is 42.8 cm³/mol. The van der Waals surface area contributed by atoms with Gasteiger partial charge in [0.05, 0.1) is 0 Å². The molecule has 0 aromatic rings. The normalized spacial score (nSPS) is 13.2. The van der Waals surface area contributed by atoms with E-state index in [9.17, 15) is 0 Å². The first kappa shape index (κ1) is 8.38. The van der Waals surface area contributed by atoms with Crippen LogP contribution in [0.3, 0.4) is 0 Å². The highest BCUT2D eigenvalue weighted by atomic mass is 35.5. The van der Waals surface area contributed by atoms with Crippen molar-refractivity contribution < 1.29 is 0 Å². The van der Waals surface area contributed by atoms with Gasteiger partial charge in [0.25, 0.3) is 0 Å². The number of rotatable bonds is 4. The second kappa shape index (κ2) is 5.52. The van der Waals surface area contributed by atoms with Crippen LogP contribution in [0, 0.1) is 0 Å². The van der Waals surface area contributed by atoms with Crippen molar-refractivity contribution in [2.75, 3.05) is 11.6 Å². The number of thioether (sulfide) groups is 1. The summed E-state index contributed by atoms with van der Waals surface area (Å²) >= 11 is 7.36. The summed E-state index contributed by atoms with van der Waals surface area (Å²) in [4.78, 5) is 0. The molecule has 0 rings (SSSR count). The minimum atomic E-state index is 0.565. The highest BCUT2D eigenvalue weighted by molar-refractivity contribution is 8.00. The minimum absolute atomic E-state index is 0.565. The summed E-state index contributed by atoms with van der Waals surface area (Å²) in [5.74, 6) is 1.74. The van der Waals surface area contributed by atoms with E-state index in [0.717, 1.165) is 11.6 Å². The Bertz CT molecular complexity index is 63.5. The van der Waals surface area contributed by atoms with Crippen LogP contribution in [0.5, 0.6) is 0 Å². The SMILES string of the molecule is C=CCSC(C)CCl. The molecule has 0 spiro atoms. The largest absolute Gasteiger partial charge is 0.153 e. The van der Waals surface area contributed by atoms with Crippen molar-refractivity contribution >= 4 is 23.4 Å². The van der Waals surface area contributed by atoms with Gasteiger partial charge in [-0.05, 0) is 0 Å². The van der Waals surface area contributed by atoms with Gasteiger partial charge in [-0.2, -0.15) is 11.8 Å². The van der Waals surface area contributed by atoms with Crippen LogP contribution < -0.4 is 0 Å². The zero-order valence-corrected chi connectivity index (χ0v) is 6.63. The Morgan fingerprint density at radius 3 is 2.88 bits per heavy atom. The average molecular weight is 151 g/mol. The lowest BCUT2D eigenvalue weighted by atomic mass is 10.6. The van der Waals surface area contributed by atoms with Gasteiger partial charge >= 0.3 is 0 Å². The van der Waals surface area contributed by atoms with E-state index >= 15 is 0 Å². The van der Waals surface area contributed by atoms with E-state index < -0.39 is 0 Å². The summed E-state index contributed by atoms with van der Waals surface area (Å²) in [5, 5.41) is 0.565. The quantitative estimate of drug-likeness (QED) is 0.439. The molecule has 0 radical (unpaired) electrons. The van der Waals surface area contributed by atoms with E-state index in [1.807, 2.05) is 17.8 Å². The Hall–Kier alpha value is 0.380. The molecule has 2 heteroatoms. The third-order valence-corrected chi connectivity index (χ3v) is 2.53. The van der Waals surface area contributed by atoms with Gasteiger partial charge in [-0.1, -0.05) is 13.0 Å². The van der Waals surface area contributed by atoms with Crippen molar-refractivity contribution in [3.05, 3.63) is 12.7 Å². The van der Waals surface area contributed by atoms with Crippen molar-refractivity contribution in [2.24, 2.45) is 0 Å². The summed E-state index contributed by atoms with van der Waals surface area (Å²) in [7, 11) is 0. The zero-order valence-electron chi connectivity index (χ0n) is 5.06. The lowest BCUT2D eigenvalue weighted by Gasteiger charge is -2.01. The summed E-state index contributed by atoms with van der Waals surface area (Å²) < 4.78 is 0. The number of hydrogen-bond acceptors (Lipinski definition) is 1. The fourth-order valence-corrected chi connectivity index (χ4v) is 1.10. The van der Waals surface area contributed by atoms with Gasteiger partial charge in [-0.25, -0.2) is 0 Å². The third kappa shape index (κ3) is 4.54. The highest BCUT2D eigenvalue weighted by Gasteiger charge is 1.95. The highest BCUT2D eigenvalue weighted by Crippen LogP contribution is 2.10. The molecular formula is C6H11ClS. The molecule has 0 N–H and O–H groups in total. The first-order valence-corrected chi connectivity index (χ1v) is 4.18. The predicted octanol–water partition coefficient (Wildman–Crippen LogP) is 2.53. The van der Waals surface area contributed by atoms with Crippen LogP contribution in [-0.2, 0) is 0 Å². The standard InChI is InChI=1S/C6H11ClS/c1-3-4-8-6(2)5-7/h3,6H,1,4-5H2,2H3. The van der Waals surface area contributed by atoms with Crippen molar-refractivity contribution in [3.8, 4) is 0 Å².